The number of alkyl halides is 1. The van der Waals surface area contributed by atoms with Crippen LogP contribution in [0.1, 0.15) is 83.2 Å². The highest BCUT2D eigenvalue weighted by atomic mass is 19.1. The number of rotatable bonds is 6. The minimum atomic E-state index is -1.10. The maximum absolute atomic E-state index is 14.9. The fraction of sp³-hybridized carbons (Fsp3) is 0.586. The Morgan fingerprint density at radius 2 is 1.92 bits per heavy atom. The Labute approximate surface area is 215 Å². The van der Waals surface area contributed by atoms with Crippen LogP contribution < -0.4 is 10.2 Å². The monoisotopic (exact) mass is 496 g/mol. The van der Waals surface area contributed by atoms with Crippen LogP contribution in [0.25, 0.3) is 5.57 Å². The molecular formula is C29H41FN4O2. The number of benzene rings is 1. The number of hydrogen-bond acceptors (Lipinski definition) is 4. The van der Waals surface area contributed by atoms with Crippen molar-refractivity contribution in [2.75, 3.05) is 37.7 Å². The zero-order chi connectivity index (χ0) is 26.0. The van der Waals surface area contributed by atoms with Crippen molar-refractivity contribution >= 4 is 23.0 Å². The molecule has 196 valence electrons. The van der Waals surface area contributed by atoms with Crippen LogP contribution in [0.3, 0.4) is 0 Å². The standard InChI is InChI=1S/C29H41FN4O2/c1-6-23(18(2)3)25-15-21-7-12-34(28(21)16-24(25)19(4)30)29(31)26-17-33(20(5)35)11-8-27(26)32-22-9-13-36-14-10-22/h15-16,19,22,31-32H,6-14,17H2,1-5H3. The van der Waals surface area contributed by atoms with Gasteiger partial charge in [0.05, 0.1) is 6.54 Å². The van der Waals surface area contributed by atoms with Gasteiger partial charge in [-0.25, -0.2) is 4.39 Å². The molecule has 1 saturated heterocycles. The van der Waals surface area contributed by atoms with Crippen LogP contribution in [0, 0.1) is 5.41 Å². The summed E-state index contributed by atoms with van der Waals surface area (Å²) in [6.45, 7) is 12.7. The molecule has 1 unspecified atom stereocenters. The number of ether oxygens (including phenoxy) is 1. The van der Waals surface area contributed by atoms with Crippen LogP contribution in [0.2, 0.25) is 0 Å². The summed E-state index contributed by atoms with van der Waals surface area (Å²) in [5.74, 6) is 0.441. The molecule has 36 heavy (non-hydrogen) atoms. The van der Waals surface area contributed by atoms with Crippen molar-refractivity contribution in [3.8, 4) is 0 Å². The van der Waals surface area contributed by atoms with E-state index >= 15 is 0 Å². The highest BCUT2D eigenvalue weighted by molar-refractivity contribution is 6.10. The lowest BCUT2D eigenvalue weighted by Crippen LogP contribution is -2.45. The predicted octanol–water partition coefficient (Wildman–Crippen LogP) is 5.54. The maximum atomic E-state index is 14.9. The van der Waals surface area contributed by atoms with Crippen LogP contribution in [0.4, 0.5) is 10.1 Å². The molecule has 7 heteroatoms. The number of nitrogens with one attached hydrogen (secondary N) is 2. The van der Waals surface area contributed by atoms with E-state index < -0.39 is 6.17 Å². The number of carbonyl (C=O) groups excluding carboxylic acids is 1. The quantitative estimate of drug-likeness (QED) is 0.401. The molecule has 1 aromatic carbocycles. The first kappa shape index (κ1) is 26.4. The van der Waals surface area contributed by atoms with Gasteiger partial charge in [-0.3, -0.25) is 10.2 Å². The van der Waals surface area contributed by atoms with Crippen molar-refractivity contribution in [2.24, 2.45) is 0 Å². The van der Waals surface area contributed by atoms with Crippen LogP contribution in [-0.4, -0.2) is 55.5 Å². The van der Waals surface area contributed by atoms with Crippen LogP contribution in [0.5, 0.6) is 0 Å². The van der Waals surface area contributed by atoms with Crippen molar-refractivity contribution in [2.45, 2.75) is 78.9 Å². The van der Waals surface area contributed by atoms with Gasteiger partial charge in [-0.2, -0.15) is 0 Å². The zero-order valence-electron chi connectivity index (χ0n) is 22.5. The molecule has 1 aromatic rings. The second-order valence-electron chi connectivity index (χ2n) is 10.4. The highest BCUT2D eigenvalue weighted by Gasteiger charge is 2.32. The Morgan fingerprint density at radius 1 is 1.19 bits per heavy atom. The zero-order valence-corrected chi connectivity index (χ0v) is 22.5. The van der Waals surface area contributed by atoms with Crippen LogP contribution in [-0.2, 0) is 16.0 Å². The molecule has 1 fully saturated rings. The summed E-state index contributed by atoms with van der Waals surface area (Å²) < 4.78 is 20.4. The Bertz CT molecular complexity index is 1080. The van der Waals surface area contributed by atoms with Gasteiger partial charge in [0.25, 0.3) is 0 Å². The number of carbonyl (C=O) groups is 1. The van der Waals surface area contributed by atoms with Gasteiger partial charge in [0, 0.05) is 62.6 Å². The lowest BCUT2D eigenvalue weighted by atomic mass is 9.90. The third-order valence-electron chi connectivity index (χ3n) is 7.80. The number of nitrogens with zero attached hydrogens (tertiary/aromatic N) is 2. The number of amides is 1. The topological polar surface area (TPSA) is 68.7 Å². The molecule has 0 saturated carbocycles. The van der Waals surface area contributed by atoms with E-state index in [4.69, 9.17) is 4.74 Å². The molecule has 6 nitrogen and oxygen atoms in total. The second kappa shape index (κ2) is 11.2. The molecule has 3 aliphatic rings. The first-order valence-electron chi connectivity index (χ1n) is 13.4. The number of anilines is 1. The minimum Gasteiger partial charge on any atom is -0.385 e. The molecule has 0 spiro atoms. The Hall–Kier alpha value is -2.67. The molecule has 0 radical (unpaired) electrons. The first-order valence-corrected chi connectivity index (χ1v) is 13.4. The molecule has 0 aromatic heterocycles. The lowest BCUT2D eigenvalue weighted by molar-refractivity contribution is -0.128. The van der Waals surface area contributed by atoms with E-state index in [-0.39, 0.29) is 5.91 Å². The number of halogens is 1. The summed E-state index contributed by atoms with van der Waals surface area (Å²) in [6, 6.07) is 4.44. The average Bonchev–Trinajstić information content (AvgIpc) is 3.27. The lowest BCUT2D eigenvalue weighted by Gasteiger charge is -2.35. The predicted molar refractivity (Wildman–Crippen MR) is 144 cm³/mol. The molecule has 3 heterocycles. The highest BCUT2D eigenvalue weighted by Crippen LogP contribution is 2.39. The van der Waals surface area contributed by atoms with Gasteiger partial charge >= 0.3 is 0 Å². The summed E-state index contributed by atoms with van der Waals surface area (Å²) in [5, 5.41) is 13.0. The van der Waals surface area contributed by atoms with Crippen molar-refractivity contribution in [1.82, 2.24) is 10.2 Å². The number of allylic oxidation sites excluding steroid dienone is 2. The molecular weight excluding hydrogens is 455 g/mol. The fourth-order valence-electron chi connectivity index (χ4n) is 5.75. The fourth-order valence-corrected chi connectivity index (χ4v) is 5.75. The molecule has 2 N–H and O–H groups in total. The summed E-state index contributed by atoms with van der Waals surface area (Å²) in [7, 11) is 0. The largest absolute Gasteiger partial charge is 0.385 e. The Balaban J connectivity index is 1.71. The molecule has 0 aliphatic carbocycles. The van der Waals surface area contributed by atoms with Crippen molar-refractivity contribution in [3.63, 3.8) is 0 Å². The normalized spacial score (nSPS) is 19.3. The first-order chi connectivity index (χ1) is 17.2. The third-order valence-corrected chi connectivity index (χ3v) is 7.80. The third kappa shape index (κ3) is 5.36. The Morgan fingerprint density at radius 3 is 2.53 bits per heavy atom. The molecule has 1 atom stereocenters. The summed E-state index contributed by atoms with van der Waals surface area (Å²) in [4.78, 5) is 16.1. The van der Waals surface area contributed by atoms with Gasteiger partial charge in [-0.1, -0.05) is 12.5 Å². The summed E-state index contributed by atoms with van der Waals surface area (Å²) in [5.41, 5.74) is 8.11. The average molecular weight is 497 g/mol. The SMILES string of the molecule is CCC(=C(C)C)c1cc2c(cc1C(C)F)N(C(=N)C1=C(NC3CCOCC3)CCN(C(C)=O)C1)CC2. The van der Waals surface area contributed by atoms with E-state index in [2.05, 4.69) is 32.2 Å². The van der Waals surface area contributed by atoms with Crippen LogP contribution >= 0.6 is 0 Å². The number of fused-ring (bicyclic) bond motifs is 1. The molecule has 0 bridgehead atoms. The molecule has 4 rings (SSSR count). The van der Waals surface area contributed by atoms with E-state index in [0.29, 0.717) is 43.5 Å². The number of amidine groups is 1. The van der Waals surface area contributed by atoms with Gasteiger partial charge in [-0.15, -0.1) is 0 Å². The van der Waals surface area contributed by atoms with Crippen molar-refractivity contribution in [3.05, 3.63) is 45.7 Å². The minimum absolute atomic E-state index is 0.0271. The van der Waals surface area contributed by atoms with Gasteiger partial charge in [0.1, 0.15) is 12.0 Å². The van der Waals surface area contributed by atoms with Crippen LogP contribution in [0.15, 0.2) is 29.0 Å². The molecule has 3 aliphatic heterocycles. The van der Waals surface area contributed by atoms with Crippen molar-refractivity contribution < 1.29 is 13.9 Å². The van der Waals surface area contributed by atoms with Gasteiger partial charge < -0.3 is 19.9 Å². The van der Waals surface area contributed by atoms with E-state index in [0.717, 1.165) is 67.0 Å². The van der Waals surface area contributed by atoms with E-state index in [1.54, 1.807) is 13.8 Å². The maximum Gasteiger partial charge on any atom is 0.219 e. The van der Waals surface area contributed by atoms with Crippen molar-refractivity contribution in [1.29, 1.82) is 5.41 Å². The van der Waals surface area contributed by atoms with E-state index in [1.807, 2.05) is 15.9 Å². The van der Waals surface area contributed by atoms with Gasteiger partial charge in [0.15, 0.2) is 0 Å². The van der Waals surface area contributed by atoms with Gasteiger partial charge in [0.2, 0.25) is 5.91 Å². The molecule has 1 amide bonds. The summed E-state index contributed by atoms with van der Waals surface area (Å²) >= 11 is 0. The number of hydrogen-bond donors (Lipinski definition) is 2. The van der Waals surface area contributed by atoms with E-state index in [9.17, 15) is 14.6 Å². The second-order valence-corrected chi connectivity index (χ2v) is 10.4. The Kier molecular flexibility index (Phi) is 8.18. The summed E-state index contributed by atoms with van der Waals surface area (Å²) in [6.07, 6.45) is 3.17. The smallest absolute Gasteiger partial charge is 0.219 e. The van der Waals surface area contributed by atoms with E-state index in [1.165, 1.54) is 11.1 Å². The van der Waals surface area contributed by atoms with Gasteiger partial charge in [-0.05, 0) is 80.9 Å².